The number of thiazole rings is 1. The number of ether oxygens (including phenoxy) is 2. The average molecular weight is 512 g/mol. The lowest BCUT2D eigenvalue weighted by Gasteiger charge is -2.14. The van der Waals surface area contributed by atoms with Gasteiger partial charge in [-0.25, -0.2) is 10.4 Å². The molecule has 0 radical (unpaired) electrons. The fourth-order valence-electron chi connectivity index (χ4n) is 3.13. The van der Waals surface area contributed by atoms with Gasteiger partial charge in [-0.1, -0.05) is 59.8 Å². The van der Waals surface area contributed by atoms with E-state index in [1.54, 1.807) is 30.6 Å². The molecule has 34 heavy (non-hydrogen) atoms. The van der Waals surface area contributed by atoms with Crippen LogP contribution in [0, 0.1) is 6.92 Å². The molecule has 174 valence electrons. The predicted molar refractivity (Wildman–Crippen MR) is 140 cm³/mol. The first-order valence-electron chi connectivity index (χ1n) is 10.4. The number of para-hydroxylation sites is 1. The number of benzene rings is 3. The molecule has 9 heteroatoms. The van der Waals surface area contributed by atoms with Gasteiger partial charge in [-0.3, -0.25) is 4.79 Å². The fraction of sp³-hybridized carbons (Fsp3) is 0.160. The Balaban J connectivity index is 1.34. The molecule has 3 aromatic carbocycles. The van der Waals surface area contributed by atoms with E-state index in [0.717, 1.165) is 25.7 Å². The van der Waals surface area contributed by atoms with Gasteiger partial charge in [0.15, 0.2) is 15.8 Å². The first-order chi connectivity index (χ1) is 16.5. The molecule has 1 amide bonds. The minimum Gasteiger partial charge on any atom is -0.493 e. The number of nitrogens with zero attached hydrogens (tertiary/aromatic N) is 2. The first-order valence-corrected chi connectivity index (χ1v) is 12.6. The van der Waals surface area contributed by atoms with Crippen molar-refractivity contribution in [1.82, 2.24) is 10.4 Å². The zero-order chi connectivity index (χ0) is 23.9. The Labute approximate surface area is 211 Å². The van der Waals surface area contributed by atoms with E-state index in [2.05, 4.69) is 15.5 Å². The van der Waals surface area contributed by atoms with Crippen molar-refractivity contribution in [2.24, 2.45) is 5.10 Å². The van der Waals surface area contributed by atoms with E-state index in [-0.39, 0.29) is 11.7 Å². The minimum absolute atomic E-state index is 0.215. The Morgan fingerprint density at radius 1 is 1.21 bits per heavy atom. The van der Waals surface area contributed by atoms with Gasteiger partial charge in [0.1, 0.15) is 6.61 Å². The number of aromatic nitrogens is 1. The summed E-state index contributed by atoms with van der Waals surface area (Å²) in [7, 11) is 1.55. The lowest BCUT2D eigenvalue weighted by Crippen LogP contribution is -2.19. The summed E-state index contributed by atoms with van der Waals surface area (Å²) < 4.78 is 13.3. The van der Waals surface area contributed by atoms with Gasteiger partial charge >= 0.3 is 0 Å². The molecule has 4 aromatic rings. The molecular formula is C25H22ClN3O3S2. The summed E-state index contributed by atoms with van der Waals surface area (Å²) in [6.45, 7) is 2.40. The molecule has 0 aliphatic heterocycles. The van der Waals surface area contributed by atoms with Crippen molar-refractivity contribution in [3.63, 3.8) is 0 Å². The number of fused-ring (bicyclic) bond motifs is 1. The molecule has 0 unspecified atom stereocenters. The van der Waals surface area contributed by atoms with Crippen molar-refractivity contribution in [3.8, 4) is 11.5 Å². The number of hydrazone groups is 1. The zero-order valence-corrected chi connectivity index (χ0v) is 21.0. The molecule has 6 nitrogen and oxygen atoms in total. The smallest absolute Gasteiger partial charge is 0.250 e. The quantitative estimate of drug-likeness (QED) is 0.167. The molecule has 0 atom stereocenters. The third kappa shape index (κ3) is 6.08. The first kappa shape index (κ1) is 24.1. The number of nitrogens with one attached hydrogen (secondary N) is 1. The second kappa shape index (κ2) is 11.4. The molecule has 0 aliphatic rings. The summed E-state index contributed by atoms with van der Waals surface area (Å²) in [4.78, 5) is 16.7. The standard InChI is InChI=1S/C25H22ClN3O3S2/c1-16-7-3-4-8-18(16)14-32-24-19(26)11-17(12-21(24)31-2)13-27-29-23(30)15-33-25-28-20-9-5-6-10-22(20)34-25/h3-13H,14-15H2,1-2H3,(H,29,30)/b27-13-. The summed E-state index contributed by atoms with van der Waals surface area (Å²) in [6, 6.07) is 19.3. The molecule has 1 N–H and O–H groups in total. The lowest BCUT2D eigenvalue weighted by molar-refractivity contribution is -0.118. The van der Waals surface area contributed by atoms with Crippen molar-refractivity contribution in [2.45, 2.75) is 17.9 Å². The highest BCUT2D eigenvalue weighted by atomic mass is 35.5. The van der Waals surface area contributed by atoms with Crippen molar-refractivity contribution >= 4 is 57.0 Å². The van der Waals surface area contributed by atoms with E-state index in [1.165, 1.54) is 18.0 Å². The van der Waals surface area contributed by atoms with Crippen LogP contribution >= 0.6 is 34.7 Å². The Bertz CT molecular complexity index is 1310. The van der Waals surface area contributed by atoms with Gasteiger partial charge in [0.2, 0.25) is 0 Å². The third-order valence-electron chi connectivity index (χ3n) is 4.89. The van der Waals surface area contributed by atoms with Gasteiger partial charge in [-0.05, 0) is 47.9 Å². The highest BCUT2D eigenvalue weighted by Crippen LogP contribution is 2.36. The number of thioether (sulfide) groups is 1. The number of hydrogen-bond acceptors (Lipinski definition) is 7. The van der Waals surface area contributed by atoms with Gasteiger partial charge < -0.3 is 9.47 Å². The molecular weight excluding hydrogens is 490 g/mol. The Kier molecular flexibility index (Phi) is 8.05. The van der Waals surface area contributed by atoms with Gasteiger partial charge in [0.05, 0.1) is 34.3 Å². The summed E-state index contributed by atoms with van der Waals surface area (Å²) in [5.74, 6) is 0.935. The maximum Gasteiger partial charge on any atom is 0.250 e. The van der Waals surface area contributed by atoms with E-state index < -0.39 is 0 Å². The van der Waals surface area contributed by atoms with Crippen LogP contribution in [0.5, 0.6) is 11.5 Å². The second-order valence-corrected chi connectivity index (χ2v) is 9.94. The molecule has 0 bridgehead atoms. The van der Waals surface area contributed by atoms with E-state index in [1.807, 2.05) is 55.5 Å². The van der Waals surface area contributed by atoms with E-state index in [9.17, 15) is 4.79 Å². The number of rotatable bonds is 9. The fourth-order valence-corrected chi connectivity index (χ4v) is 5.26. The van der Waals surface area contributed by atoms with E-state index in [4.69, 9.17) is 21.1 Å². The monoisotopic (exact) mass is 511 g/mol. The summed E-state index contributed by atoms with van der Waals surface area (Å²) in [5.41, 5.74) is 6.34. The van der Waals surface area contributed by atoms with Gasteiger partial charge in [0, 0.05) is 0 Å². The van der Waals surface area contributed by atoms with Gasteiger partial charge in [-0.2, -0.15) is 5.10 Å². The highest BCUT2D eigenvalue weighted by Gasteiger charge is 2.13. The number of carbonyl (C=O) groups is 1. The Morgan fingerprint density at radius 2 is 2.00 bits per heavy atom. The van der Waals surface area contributed by atoms with Crippen LogP contribution in [-0.4, -0.2) is 30.0 Å². The molecule has 4 rings (SSSR count). The minimum atomic E-state index is -0.225. The predicted octanol–water partition coefficient (Wildman–Crippen LogP) is 6.09. The largest absolute Gasteiger partial charge is 0.493 e. The Hall–Kier alpha value is -3.07. The molecule has 0 spiro atoms. The van der Waals surface area contributed by atoms with E-state index in [0.29, 0.717) is 28.7 Å². The van der Waals surface area contributed by atoms with Crippen LogP contribution in [0.15, 0.2) is 70.1 Å². The number of carbonyl (C=O) groups excluding carboxylic acids is 1. The maximum absolute atomic E-state index is 12.2. The van der Waals surface area contributed by atoms with Crippen LogP contribution in [0.3, 0.4) is 0 Å². The zero-order valence-electron chi connectivity index (χ0n) is 18.6. The van der Waals surface area contributed by atoms with Crippen LogP contribution in [0.2, 0.25) is 5.02 Å². The summed E-state index contributed by atoms with van der Waals surface area (Å²) in [5, 5.41) is 4.43. The molecule has 0 fully saturated rings. The summed E-state index contributed by atoms with van der Waals surface area (Å²) in [6.07, 6.45) is 1.51. The van der Waals surface area contributed by atoms with Crippen LogP contribution < -0.4 is 14.9 Å². The SMILES string of the molecule is COc1cc(/C=N\NC(=O)CSc2nc3ccccc3s2)cc(Cl)c1OCc1ccccc1C. The number of hydrogen-bond donors (Lipinski definition) is 1. The number of aryl methyl sites for hydroxylation is 1. The van der Waals surface area contributed by atoms with Crippen LogP contribution in [0.1, 0.15) is 16.7 Å². The van der Waals surface area contributed by atoms with Crippen LogP contribution in [-0.2, 0) is 11.4 Å². The second-order valence-electron chi connectivity index (χ2n) is 7.28. The maximum atomic E-state index is 12.2. The average Bonchev–Trinajstić information content (AvgIpc) is 3.26. The Morgan fingerprint density at radius 3 is 2.79 bits per heavy atom. The summed E-state index contributed by atoms with van der Waals surface area (Å²) >= 11 is 9.39. The third-order valence-corrected chi connectivity index (χ3v) is 7.35. The van der Waals surface area contributed by atoms with Gasteiger partial charge in [0.25, 0.3) is 5.91 Å². The van der Waals surface area contributed by atoms with Crippen LogP contribution in [0.25, 0.3) is 10.2 Å². The number of methoxy groups -OCH3 is 1. The topological polar surface area (TPSA) is 72.8 Å². The van der Waals surface area contributed by atoms with E-state index >= 15 is 0 Å². The molecule has 0 saturated carbocycles. The molecule has 0 aliphatic carbocycles. The molecule has 1 aromatic heterocycles. The van der Waals surface area contributed by atoms with Crippen molar-refractivity contribution in [1.29, 1.82) is 0 Å². The number of halogens is 1. The van der Waals surface area contributed by atoms with Crippen molar-refractivity contribution in [2.75, 3.05) is 12.9 Å². The van der Waals surface area contributed by atoms with Gasteiger partial charge in [-0.15, -0.1) is 11.3 Å². The number of amides is 1. The normalized spacial score (nSPS) is 11.1. The highest BCUT2D eigenvalue weighted by molar-refractivity contribution is 8.01. The molecule has 1 heterocycles. The van der Waals surface area contributed by atoms with Crippen LogP contribution in [0.4, 0.5) is 0 Å². The molecule has 0 saturated heterocycles. The van der Waals surface area contributed by atoms with Crippen molar-refractivity contribution in [3.05, 3.63) is 82.4 Å². The van der Waals surface area contributed by atoms with Crippen molar-refractivity contribution < 1.29 is 14.3 Å². The lowest BCUT2D eigenvalue weighted by atomic mass is 10.1.